The number of guanidine groups is 1. The van der Waals surface area contributed by atoms with Gasteiger partial charge in [-0.3, -0.25) is 10.1 Å². The first kappa shape index (κ1) is 16.5. The van der Waals surface area contributed by atoms with Crippen molar-refractivity contribution in [3.63, 3.8) is 0 Å². The van der Waals surface area contributed by atoms with Crippen LogP contribution in [0.3, 0.4) is 0 Å². The Kier molecular flexibility index (Phi) is 7.03. The summed E-state index contributed by atoms with van der Waals surface area (Å²) in [6.07, 6.45) is 0.916. The van der Waals surface area contributed by atoms with Gasteiger partial charge in [-0.15, -0.1) is 0 Å². The molecule has 0 saturated heterocycles. The predicted molar refractivity (Wildman–Crippen MR) is 80.3 cm³/mol. The highest BCUT2D eigenvalue weighted by Crippen LogP contribution is 2.12. The van der Waals surface area contributed by atoms with Crippen molar-refractivity contribution < 1.29 is 4.74 Å². The Hall–Kier alpha value is -1.60. The van der Waals surface area contributed by atoms with Crippen LogP contribution >= 0.6 is 0 Å². The summed E-state index contributed by atoms with van der Waals surface area (Å²) in [5.41, 5.74) is 5.84. The number of aliphatic imine (C=N–C) groups is 1. The van der Waals surface area contributed by atoms with Crippen molar-refractivity contribution in [2.24, 2.45) is 17.9 Å². The second kappa shape index (κ2) is 8.55. The molecule has 7 heteroatoms. The maximum absolute atomic E-state index is 5.46. The van der Waals surface area contributed by atoms with E-state index < -0.39 is 0 Å². The number of aromatic nitrogens is 2. The molecule has 0 spiro atoms. The number of nitrogens with zero attached hydrogens (tertiary/aromatic N) is 3. The molecular formula is C13H26N6O. The number of hydrogen-bond acceptors (Lipinski definition) is 4. The van der Waals surface area contributed by atoms with Crippen LogP contribution in [-0.4, -0.2) is 35.5 Å². The van der Waals surface area contributed by atoms with Gasteiger partial charge < -0.3 is 10.1 Å². The van der Waals surface area contributed by atoms with Gasteiger partial charge in [0.25, 0.3) is 0 Å². The van der Waals surface area contributed by atoms with E-state index in [9.17, 15) is 0 Å². The number of ether oxygens (including phenoxy) is 1. The fourth-order valence-corrected chi connectivity index (χ4v) is 1.88. The predicted octanol–water partition coefficient (Wildman–Crippen LogP) is 0.372. The van der Waals surface area contributed by atoms with E-state index in [1.807, 2.05) is 32.5 Å². The topological polar surface area (TPSA) is 89.5 Å². The van der Waals surface area contributed by atoms with E-state index in [1.54, 1.807) is 0 Å². The third-order valence-electron chi connectivity index (χ3n) is 3.15. The molecule has 114 valence electrons. The molecule has 0 atom stereocenters. The Morgan fingerprint density at radius 2 is 2.20 bits per heavy atom. The lowest BCUT2D eigenvalue weighted by atomic mass is 10.2. The summed E-state index contributed by atoms with van der Waals surface area (Å²) in [6.45, 7) is 8.83. The molecule has 4 N–H and O–H groups in total. The van der Waals surface area contributed by atoms with Crippen LogP contribution in [0.1, 0.15) is 30.3 Å². The molecule has 1 heterocycles. The van der Waals surface area contributed by atoms with Crippen LogP contribution in [0.5, 0.6) is 0 Å². The molecule has 0 amide bonds. The molecule has 20 heavy (non-hydrogen) atoms. The maximum atomic E-state index is 5.46. The van der Waals surface area contributed by atoms with E-state index in [2.05, 4.69) is 20.8 Å². The van der Waals surface area contributed by atoms with Crippen molar-refractivity contribution in [1.82, 2.24) is 20.5 Å². The first-order chi connectivity index (χ1) is 9.60. The van der Waals surface area contributed by atoms with Gasteiger partial charge in [0.05, 0.1) is 12.2 Å². The van der Waals surface area contributed by atoms with Gasteiger partial charge in [0.2, 0.25) is 5.96 Å². The monoisotopic (exact) mass is 282 g/mol. The first-order valence-corrected chi connectivity index (χ1v) is 6.91. The maximum Gasteiger partial charge on any atom is 0.206 e. The third-order valence-corrected chi connectivity index (χ3v) is 3.15. The number of hydrazine groups is 1. The van der Waals surface area contributed by atoms with Crippen molar-refractivity contribution in [1.29, 1.82) is 0 Å². The van der Waals surface area contributed by atoms with Crippen LogP contribution in [0, 0.1) is 13.8 Å². The summed E-state index contributed by atoms with van der Waals surface area (Å²) in [5, 5.41) is 7.52. The van der Waals surface area contributed by atoms with Gasteiger partial charge in [0, 0.05) is 38.1 Å². The van der Waals surface area contributed by atoms with E-state index in [4.69, 9.17) is 10.6 Å². The number of hydrogen-bond donors (Lipinski definition) is 3. The number of nitrogens with one attached hydrogen (secondary N) is 2. The van der Waals surface area contributed by atoms with Crippen LogP contribution in [0.2, 0.25) is 0 Å². The molecule has 7 nitrogen and oxygen atoms in total. The van der Waals surface area contributed by atoms with Crippen LogP contribution in [0.25, 0.3) is 0 Å². The summed E-state index contributed by atoms with van der Waals surface area (Å²) >= 11 is 0. The van der Waals surface area contributed by atoms with E-state index in [1.165, 1.54) is 0 Å². The molecule has 0 radical (unpaired) electrons. The molecule has 0 saturated carbocycles. The Bertz CT molecular complexity index is 440. The lowest BCUT2D eigenvalue weighted by molar-refractivity contribution is 0.145. The number of aryl methyl sites for hydroxylation is 2. The highest BCUT2D eigenvalue weighted by molar-refractivity contribution is 5.79. The van der Waals surface area contributed by atoms with Crippen LogP contribution in [-0.2, 0) is 18.3 Å². The molecule has 0 fully saturated rings. The summed E-state index contributed by atoms with van der Waals surface area (Å²) in [4.78, 5) is 4.44. The van der Waals surface area contributed by atoms with E-state index in [0.29, 0.717) is 12.5 Å². The lowest BCUT2D eigenvalue weighted by Crippen LogP contribution is -2.42. The minimum absolute atomic E-state index is 0.559. The summed E-state index contributed by atoms with van der Waals surface area (Å²) in [5.74, 6) is 6.05. The van der Waals surface area contributed by atoms with Gasteiger partial charge in [-0.1, -0.05) is 0 Å². The molecule has 0 aliphatic rings. The minimum atomic E-state index is 0.559. The summed E-state index contributed by atoms with van der Waals surface area (Å²) < 4.78 is 7.14. The Morgan fingerprint density at radius 1 is 1.45 bits per heavy atom. The van der Waals surface area contributed by atoms with Crippen LogP contribution in [0.15, 0.2) is 4.99 Å². The smallest absolute Gasteiger partial charge is 0.206 e. The van der Waals surface area contributed by atoms with Crippen molar-refractivity contribution in [3.8, 4) is 0 Å². The van der Waals surface area contributed by atoms with Gasteiger partial charge in [-0.2, -0.15) is 5.10 Å². The molecule has 0 aromatic carbocycles. The Balaban J connectivity index is 2.48. The van der Waals surface area contributed by atoms with Crippen molar-refractivity contribution in [2.75, 3.05) is 19.8 Å². The molecule has 0 bridgehead atoms. The molecule has 0 aliphatic heterocycles. The highest BCUT2D eigenvalue weighted by atomic mass is 16.5. The van der Waals surface area contributed by atoms with Crippen LogP contribution in [0.4, 0.5) is 0 Å². The van der Waals surface area contributed by atoms with Gasteiger partial charge in [0.15, 0.2) is 0 Å². The molecular weight excluding hydrogens is 256 g/mol. The summed E-state index contributed by atoms with van der Waals surface area (Å²) in [7, 11) is 1.93. The van der Waals surface area contributed by atoms with Crippen molar-refractivity contribution in [2.45, 2.75) is 33.7 Å². The summed E-state index contributed by atoms with van der Waals surface area (Å²) in [6, 6.07) is 0. The first-order valence-electron chi connectivity index (χ1n) is 6.91. The lowest BCUT2D eigenvalue weighted by Gasteiger charge is -2.09. The average Bonchev–Trinajstić information content (AvgIpc) is 2.67. The Labute approximate surface area is 120 Å². The molecule has 1 aromatic rings. The molecule has 0 aliphatic carbocycles. The van der Waals surface area contributed by atoms with Gasteiger partial charge in [-0.05, 0) is 27.2 Å². The zero-order valence-corrected chi connectivity index (χ0v) is 12.9. The average molecular weight is 282 g/mol. The SMILES string of the molecule is CCOCCCNC(=NCc1c(C)nn(C)c1C)NN. The Morgan fingerprint density at radius 3 is 2.75 bits per heavy atom. The van der Waals surface area contributed by atoms with Gasteiger partial charge in [0.1, 0.15) is 0 Å². The van der Waals surface area contributed by atoms with E-state index in [0.717, 1.165) is 43.1 Å². The van der Waals surface area contributed by atoms with E-state index in [-0.39, 0.29) is 0 Å². The standard InChI is InChI=1S/C13H26N6O/c1-5-20-8-6-7-15-13(17-14)16-9-12-10(2)18-19(4)11(12)3/h5-9,14H2,1-4H3,(H2,15,16,17). The largest absolute Gasteiger partial charge is 0.382 e. The molecule has 0 unspecified atom stereocenters. The van der Waals surface area contributed by atoms with Crippen molar-refractivity contribution in [3.05, 3.63) is 17.0 Å². The zero-order valence-electron chi connectivity index (χ0n) is 12.9. The molecule has 1 aromatic heterocycles. The van der Waals surface area contributed by atoms with Crippen LogP contribution < -0.4 is 16.6 Å². The quantitative estimate of drug-likeness (QED) is 0.221. The van der Waals surface area contributed by atoms with E-state index >= 15 is 0 Å². The van der Waals surface area contributed by atoms with Crippen molar-refractivity contribution >= 4 is 5.96 Å². The van der Waals surface area contributed by atoms with Gasteiger partial charge >= 0.3 is 0 Å². The normalized spacial score (nSPS) is 11.8. The second-order valence-corrected chi connectivity index (χ2v) is 4.56. The minimum Gasteiger partial charge on any atom is -0.382 e. The number of rotatable bonds is 7. The highest BCUT2D eigenvalue weighted by Gasteiger charge is 2.08. The fraction of sp³-hybridized carbons (Fsp3) is 0.692. The second-order valence-electron chi connectivity index (χ2n) is 4.56. The molecule has 1 rings (SSSR count). The third kappa shape index (κ3) is 4.82. The zero-order chi connectivity index (χ0) is 15.0. The fourth-order valence-electron chi connectivity index (χ4n) is 1.88. The van der Waals surface area contributed by atoms with Gasteiger partial charge in [-0.25, -0.2) is 10.8 Å². The number of nitrogens with two attached hydrogens (primary N) is 1.